The van der Waals surface area contributed by atoms with E-state index in [0.29, 0.717) is 11.0 Å². The van der Waals surface area contributed by atoms with Crippen LogP contribution in [0.25, 0.3) is 0 Å². The molecule has 1 aliphatic heterocycles. The summed E-state index contributed by atoms with van der Waals surface area (Å²) in [6.45, 7) is 3.34. The molecule has 0 aliphatic carbocycles. The molecule has 7 heteroatoms. The molecule has 0 bridgehead atoms. The molecule has 0 unspecified atom stereocenters. The number of hydrogen-bond donors (Lipinski definition) is 1. The first-order valence-electron chi connectivity index (χ1n) is 6.90. The Morgan fingerprint density at radius 2 is 1.90 bits per heavy atom. The lowest BCUT2D eigenvalue weighted by atomic mass is 10.2. The SMILES string of the molecule is O=S(=O)(NCCN1CCCCCC1)c1cncc(Br)c1. The fourth-order valence-electron chi connectivity index (χ4n) is 2.32. The van der Waals surface area contributed by atoms with Gasteiger partial charge in [-0.25, -0.2) is 13.1 Å². The molecule has 1 N–H and O–H groups in total. The largest absolute Gasteiger partial charge is 0.302 e. The van der Waals surface area contributed by atoms with E-state index in [1.54, 1.807) is 12.3 Å². The van der Waals surface area contributed by atoms with Crippen LogP contribution in [0.5, 0.6) is 0 Å². The molecular weight excluding hydrogens is 342 g/mol. The van der Waals surface area contributed by atoms with Crippen LogP contribution in [0.2, 0.25) is 0 Å². The molecule has 1 aromatic rings. The van der Waals surface area contributed by atoms with Gasteiger partial charge in [0.2, 0.25) is 10.0 Å². The molecule has 0 amide bonds. The zero-order valence-corrected chi connectivity index (χ0v) is 13.8. The smallest absolute Gasteiger partial charge is 0.242 e. The number of sulfonamides is 1. The maximum atomic E-state index is 12.1. The maximum absolute atomic E-state index is 12.1. The van der Waals surface area contributed by atoms with Gasteiger partial charge in [-0.3, -0.25) is 4.98 Å². The van der Waals surface area contributed by atoms with Crippen molar-refractivity contribution in [3.63, 3.8) is 0 Å². The van der Waals surface area contributed by atoms with Crippen molar-refractivity contribution in [1.29, 1.82) is 0 Å². The van der Waals surface area contributed by atoms with Gasteiger partial charge in [0.05, 0.1) is 0 Å². The summed E-state index contributed by atoms with van der Waals surface area (Å²) in [6.07, 6.45) is 7.91. The Hall–Kier alpha value is -0.500. The van der Waals surface area contributed by atoms with Gasteiger partial charge in [0, 0.05) is 30.0 Å². The number of hydrogen-bond acceptors (Lipinski definition) is 4. The Kier molecular flexibility index (Phi) is 5.95. The molecule has 0 radical (unpaired) electrons. The van der Waals surface area contributed by atoms with Crippen LogP contribution >= 0.6 is 15.9 Å². The molecule has 1 saturated heterocycles. The van der Waals surface area contributed by atoms with Crippen molar-refractivity contribution in [3.05, 3.63) is 22.9 Å². The summed E-state index contributed by atoms with van der Waals surface area (Å²) in [6, 6.07) is 1.56. The molecule has 2 rings (SSSR count). The average molecular weight is 362 g/mol. The molecule has 0 atom stereocenters. The van der Waals surface area contributed by atoms with Gasteiger partial charge in [0.1, 0.15) is 4.90 Å². The first-order chi connectivity index (χ1) is 9.58. The topological polar surface area (TPSA) is 62.3 Å². The van der Waals surface area contributed by atoms with Gasteiger partial charge >= 0.3 is 0 Å². The first kappa shape index (κ1) is 15.9. The zero-order valence-electron chi connectivity index (χ0n) is 11.4. The summed E-state index contributed by atoms with van der Waals surface area (Å²) in [5.41, 5.74) is 0. The third-order valence-electron chi connectivity index (χ3n) is 3.41. The molecule has 1 fully saturated rings. The summed E-state index contributed by atoms with van der Waals surface area (Å²) in [5, 5.41) is 0. The number of nitrogens with one attached hydrogen (secondary N) is 1. The van der Waals surface area contributed by atoms with Crippen molar-refractivity contribution < 1.29 is 8.42 Å². The van der Waals surface area contributed by atoms with Crippen molar-refractivity contribution in [2.45, 2.75) is 30.6 Å². The highest BCUT2D eigenvalue weighted by Gasteiger charge is 2.15. The monoisotopic (exact) mass is 361 g/mol. The Morgan fingerprint density at radius 1 is 1.20 bits per heavy atom. The second-order valence-corrected chi connectivity index (χ2v) is 7.68. The third kappa shape index (κ3) is 4.80. The standard InChI is InChI=1S/C13H20BrN3O2S/c14-12-9-13(11-15-10-12)20(18,19)16-5-8-17-6-3-1-2-4-7-17/h9-11,16H,1-8H2. The minimum atomic E-state index is -3.46. The van der Waals surface area contributed by atoms with E-state index in [0.717, 1.165) is 19.6 Å². The molecule has 1 aromatic heterocycles. The van der Waals surface area contributed by atoms with Crippen LogP contribution < -0.4 is 4.72 Å². The summed E-state index contributed by atoms with van der Waals surface area (Å²) >= 11 is 3.23. The Bertz CT molecular complexity index is 528. The highest BCUT2D eigenvalue weighted by molar-refractivity contribution is 9.10. The third-order valence-corrected chi connectivity index (χ3v) is 5.27. The van der Waals surface area contributed by atoms with Crippen LogP contribution in [-0.4, -0.2) is 44.5 Å². The fourth-order valence-corrected chi connectivity index (χ4v) is 3.85. The lowest BCUT2D eigenvalue weighted by molar-refractivity contribution is 0.290. The van der Waals surface area contributed by atoms with E-state index in [1.807, 2.05) is 0 Å². The lowest BCUT2D eigenvalue weighted by Crippen LogP contribution is -2.35. The molecule has 112 valence electrons. The number of rotatable bonds is 5. The van der Waals surface area contributed by atoms with Crippen molar-refractivity contribution in [2.24, 2.45) is 0 Å². The van der Waals surface area contributed by atoms with Crippen LogP contribution in [0.1, 0.15) is 25.7 Å². The molecule has 0 aromatic carbocycles. The fraction of sp³-hybridized carbons (Fsp3) is 0.615. The van der Waals surface area contributed by atoms with E-state index >= 15 is 0 Å². The molecule has 0 spiro atoms. The predicted molar refractivity (Wildman–Crippen MR) is 82.0 cm³/mol. The number of likely N-dealkylation sites (tertiary alicyclic amines) is 1. The maximum Gasteiger partial charge on any atom is 0.242 e. The number of pyridine rings is 1. The Balaban J connectivity index is 1.86. The van der Waals surface area contributed by atoms with Gasteiger partial charge in [-0.15, -0.1) is 0 Å². The Labute approximate surface area is 129 Å². The Morgan fingerprint density at radius 3 is 2.55 bits per heavy atom. The first-order valence-corrected chi connectivity index (χ1v) is 9.18. The highest BCUT2D eigenvalue weighted by atomic mass is 79.9. The van der Waals surface area contributed by atoms with Crippen LogP contribution in [0.4, 0.5) is 0 Å². The van der Waals surface area contributed by atoms with E-state index in [4.69, 9.17) is 0 Å². The molecular formula is C13H20BrN3O2S. The molecule has 5 nitrogen and oxygen atoms in total. The van der Waals surface area contributed by atoms with E-state index in [9.17, 15) is 8.42 Å². The van der Waals surface area contributed by atoms with Crippen LogP contribution in [0, 0.1) is 0 Å². The van der Waals surface area contributed by atoms with Gasteiger partial charge in [-0.05, 0) is 47.9 Å². The van der Waals surface area contributed by atoms with Gasteiger partial charge in [-0.1, -0.05) is 12.8 Å². The van der Waals surface area contributed by atoms with E-state index in [2.05, 4.69) is 30.5 Å². The van der Waals surface area contributed by atoms with Crippen molar-refractivity contribution >= 4 is 26.0 Å². The average Bonchev–Trinajstić information content (AvgIpc) is 2.67. The van der Waals surface area contributed by atoms with Gasteiger partial charge in [0.15, 0.2) is 0 Å². The normalized spacial score (nSPS) is 17.9. The minimum Gasteiger partial charge on any atom is -0.302 e. The summed E-state index contributed by atoms with van der Waals surface area (Å²) in [4.78, 5) is 6.41. The van der Waals surface area contributed by atoms with Crippen LogP contribution in [-0.2, 0) is 10.0 Å². The second-order valence-electron chi connectivity index (χ2n) is 4.99. The summed E-state index contributed by atoms with van der Waals surface area (Å²) in [5.74, 6) is 0. The van der Waals surface area contributed by atoms with Crippen LogP contribution in [0.15, 0.2) is 27.8 Å². The number of nitrogens with zero attached hydrogens (tertiary/aromatic N) is 2. The predicted octanol–water partition coefficient (Wildman–Crippen LogP) is 2.00. The van der Waals surface area contributed by atoms with Crippen molar-refractivity contribution in [1.82, 2.24) is 14.6 Å². The lowest BCUT2D eigenvalue weighted by Gasteiger charge is -2.19. The molecule has 1 aliphatic rings. The highest BCUT2D eigenvalue weighted by Crippen LogP contribution is 2.14. The zero-order chi connectivity index (χ0) is 14.4. The van der Waals surface area contributed by atoms with Gasteiger partial charge < -0.3 is 4.90 Å². The number of halogens is 1. The van der Waals surface area contributed by atoms with Gasteiger partial charge in [0.25, 0.3) is 0 Å². The summed E-state index contributed by atoms with van der Waals surface area (Å²) in [7, 11) is -3.46. The number of aromatic nitrogens is 1. The van der Waals surface area contributed by atoms with E-state index < -0.39 is 10.0 Å². The van der Waals surface area contributed by atoms with E-state index in [-0.39, 0.29) is 4.90 Å². The van der Waals surface area contributed by atoms with Crippen molar-refractivity contribution in [2.75, 3.05) is 26.2 Å². The van der Waals surface area contributed by atoms with Gasteiger partial charge in [-0.2, -0.15) is 0 Å². The van der Waals surface area contributed by atoms with Crippen LogP contribution in [0.3, 0.4) is 0 Å². The van der Waals surface area contributed by atoms with Crippen molar-refractivity contribution in [3.8, 4) is 0 Å². The molecule has 0 saturated carbocycles. The second kappa shape index (κ2) is 7.49. The summed E-state index contributed by atoms with van der Waals surface area (Å²) < 4.78 is 27.5. The molecule has 2 heterocycles. The van der Waals surface area contributed by atoms with E-state index in [1.165, 1.54) is 31.9 Å². The minimum absolute atomic E-state index is 0.197. The quantitative estimate of drug-likeness (QED) is 0.870. The molecule has 20 heavy (non-hydrogen) atoms.